The largest absolute Gasteiger partial charge is 0.493 e. The van der Waals surface area contributed by atoms with Crippen molar-refractivity contribution >= 4 is 39.6 Å². The number of para-hydroxylation sites is 1. The van der Waals surface area contributed by atoms with Crippen LogP contribution in [0.1, 0.15) is 5.56 Å². The average molecular weight is 419 g/mol. The molecule has 0 aliphatic heterocycles. The number of rotatable bonds is 5. The number of anilines is 1. The Bertz CT molecular complexity index is 1390. The summed E-state index contributed by atoms with van der Waals surface area (Å²) in [5.41, 5.74) is 0.899. The summed E-state index contributed by atoms with van der Waals surface area (Å²) in [5, 5.41) is 3.17. The van der Waals surface area contributed by atoms with Gasteiger partial charge < -0.3 is 19.2 Å². The van der Waals surface area contributed by atoms with E-state index in [2.05, 4.69) is 5.32 Å². The molecule has 0 aliphatic carbocycles. The number of fused-ring (bicyclic) bond motifs is 2. The number of nitrogens with one attached hydrogen (secondary N) is 1. The van der Waals surface area contributed by atoms with Gasteiger partial charge in [0, 0.05) is 17.8 Å². The van der Waals surface area contributed by atoms with E-state index >= 15 is 0 Å². The van der Waals surface area contributed by atoms with Gasteiger partial charge in [0.05, 0.1) is 25.0 Å². The second-order valence-corrected chi connectivity index (χ2v) is 6.70. The number of ether oxygens (including phenoxy) is 2. The maximum absolute atomic E-state index is 14.0. The molecule has 0 unspecified atom stereocenters. The maximum atomic E-state index is 14.0. The zero-order valence-corrected chi connectivity index (χ0v) is 16.8. The molecule has 0 atom stereocenters. The lowest BCUT2D eigenvalue weighted by Gasteiger charge is -2.08. The van der Waals surface area contributed by atoms with Crippen LogP contribution in [0.3, 0.4) is 0 Å². The maximum Gasteiger partial charge on any atom is 0.248 e. The van der Waals surface area contributed by atoms with Crippen molar-refractivity contribution in [2.45, 2.75) is 0 Å². The molecule has 1 aromatic heterocycles. The second-order valence-electron chi connectivity index (χ2n) is 6.70. The molecule has 0 spiro atoms. The first-order valence-corrected chi connectivity index (χ1v) is 9.36. The Morgan fingerprint density at radius 2 is 1.81 bits per heavy atom. The molecule has 0 aliphatic rings. The molecule has 31 heavy (non-hydrogen) atoms. The smallest absolute Gasteiger partial charge is 0.248 e. The minimum Gasteiger partial charge on any atom is -0.493 e. The Hall–Kier alpha value is -4.13. The van der Waals surface area contributed by atoms with Crippen molar-refractivity contribution in [1.29, 1.82) is 0 Å². The van der Waals surface area contributed by atoms with Crippen molar-refractivity contribution in [3.8, 4) is 11.5 Å². The number of hydrogen-bond donors (Lipinski definition) is 1. The van der Waals surface area contributed by atoms with Crippen LogP contribution in [0.25, 0.3) is 28.0 Å². The van der Waals surface area contributed by atoms with E-state index in [-0.39, 0.29) is 27.9 Å². The van der Waals surface area contributed by atoms with E-state index in [1.807, 2.05) is 0 Å². The van der Waals surface area contributed by atoms with E-state index in [0.717, 1.165) is 5.56 Å². The van der Waals surface area contributed by atoms with Crippen molar-refractivity contribution < 1.29 is 23.1 Å². The van der Waals surface area contributed by atoms with Crippen molar-refractivity contribution in [2.75, 3.05) is 19.5 Å². The second kappa shape index (κ2) is 8.31. The average Bonchev–Trinajstić information content (AvgIpc) is 2.78. The molecule has 1 N–H and O–H groups in total. The summed E-state index contributed by atoms with van der Waals surface area (Å²) in [4.78, 5) is 24.9. The van der Waals surface area contributed by atoms with Crippen LogP contribution in [0.4, 0.5) is 10.1 Å². The molecule has 3 aromatic carbocycles. The molecular formula is C24H18FNO5. The van der Waals surface area contributed by atoms with Crippen LogP contribution < -0.4 is 20.2 Å². The summed E-state index contributed by atoms with van der Waals surface area (Å²) in [7, 11) is 3.08. The fraction of sp³-hybridized carbons (Fsp3) is 0.0833. The quantitative estimate of drug-likeness (QED) is 0.373. The minimum absolute atomic E-state index is 0.114. The van der Waals surface area contributed by atoms with Crippen LogP contribution in [0.15, 0.2) is 69.9 Å². The molecule has 0 saturated carbocycles. The predicted molar refractivity (Wildman–Crippen MR) is 117 cm³/mol. The number of methoxy groups -OCH3 is 2. The first kappa shape index (κ1) is 20.2. The standard InChI is InChI=1S/C24H18FNO5/c1-29-19-10-6-14(12-21(19)30-2)7-11-22(27)26-15-8-9-16-20(13-15)31-24-17(23(16)28)4-3-5-18(24)25/h3-13H,1-2H3,(H,26,27)/b11-7+. The lowest BCUT2D eigenvalue weighted by molar-refractivity contribution is -0.111. The summed E-state index contributed by atoms with van der Waals surface area (Å²) in [6.45, 7) is 0. The molecular weight excluding hydrogens is 401 g/mol. The molecule has 0 fully saturated rings. The van der Waals surface area contributed by atoms with Crippen LogP contribution >= 0.6 is 0 Å². The summed E-state index contributed by atoms with van der Waals surface area (Å²) in [6.07, 6.45) is 2.99. The van der Waals surface area contributed by atoms with E-state index in [0.29, 0.717) is 22.6 Å². The van der Waals surface area contributed by atoms with Crippen molar-refractivity contribution in [3.63, 3.8) is 0 Å². The number of halogens is 1. The lowest BCUT2D eigenvalue weighted by atomic mass is 10.1. The van der Waals surface area contributed by atoms with Gasteiger partial charge in [-0.25, -0.2) is 4.39 Å². The predicted octanol–water partition coefficient (Wildman–Crippen LogP) is 4.75. The highest BCUT2D eigenvalue weighted by Crippen LogP contribution is 2.28. The molecule has 4 rings (SSSR count). The molecule has 0 bridgehead atoms. The van der Waals surface area contributed by atoms with Gasteiger partial charge >= 0.3 is 0 Å². The van der Waals surface area contributed by atoms with E-state index in [1.54, 1.807) is 43.5 Å². The Morgan fingerprint density at radius 3 is 2.58 bits per heavy atom. The van der Waals surface area contributed by atoms with Gasteiger partial charge in [0.25, 0.3) is 0 Å². The molecule has 0 saturated heterocycles. The third-order valence-corrected chi connectivity index (χ3v) is 4.75. The van der Waals surface area contributed by atoms with E-state index in [4.69, 9.17) is 13.9 Å². The molecule has 1 amide bonds. The number of carbonyl (C=O) groups excluding carboxylic acids is 1. The van der Waals surface area contributed by atoms with E-state index in [1.165, 1.54) is 37.5 Å². The lowest BCUT2D eigenvalue weighted by Crippen LogP contribution is -2.08. The fourth-order valence-electron chi connectivity index (χ4n) is 3.23. The van der Waals surface area contributed by atoms with Crippen molar-refractivity contribution in [1.82, 2.24) is 0 Å². The molecule has 1 heterocycles. The summed E-state index contributed by atoms with van der Waals surface area (Å²) in [5.74, 6) is 0.132. The zero-order chi connectivity index (χ0) is 22.0. The van der Waals surface area contributed by atoms with Gasteiger partial charge in [0.1, 0.15) is 5.58 Å². The normalized spacial score (nSPS) is 11.2. The van der Waals surface area contributed by atoms with Crippen molar-refractivity contribution in [3.05, 3.63) is 82.3 Å². The highest BCUT2D eigenvalue weighted by atomic mass is 19.1. The van der Waals surface area contributed by atoms with Gasteiger partial charge in [-0.05, 0) is 48.0 Å². The monoisotopic (exact) mass is 419 g/mol. The van der Waals surface area contributed by atoms with E-state index < -0.39 is 5.82 Å². The Kier molecular flexibility index (Phi) is 5.41. The van der Waals surface area contributed by atoms with Crippen molar-refractivity contribution in [2.24, 2.45) is 0 Å². The summed E-state index contributed by atoms with van der Waals surface area (Å²) in [6, 6.07) is 14.1. The first-order chi connectivity index (χ1) is 15.0. The van der Waals surface area contributed by atoms with Gasteiger partial charge in [-0.15, -0.1) is 0 Å². The Labute approximate surface area is 176 Å². The highest BCUT2D eigenvalue weighted by Gasteiger charge is 2.12. The minimum atomic E-state index is -0.621. The Morgan fingerprint density at radius 1 is 1.00 bits per heavy atom. The van der Waals surface area contributed by atoms with Crippen LogP contribution in [-0.2, 0) is 4.79 Å². The van der Waals surface area contributed by atoms with Gasteiger partial charge in [0.15, 0.2) is 22.9 Å². The molecule has 7 heteroatoms. The van der Waals surface area contributed by atoms with Crippen LogP contribution in [0, 0.1) is 5.82 Å². The number of hydrogen-bond acceptors (Lipinski definition) is 5. The number of amides is 1. The highest BCUT2D eigenvalue weighted by molar-refractivity contribution is 6.03. The SMILES string of the molecule is COc1ccc(/C=C/C(=O)Nc2ccc3c(=O)c4cccc(F)c4oc3c2)cc1OC. The third-order valence-electron chi connectivity index (χ3n) is 4.75. The van der Waals surface area contributed by atoms with Gasteiger partial charge in [0.2, 0.25) is 11.3 Å². The summed E-state index contributed by atoms with van der Waals surface area (Å²) >= 11 is 0. The number of benzene rings is 3. The van der Waals surface area contributed by atoms with Crippen LogP contribution in [0.2, 0.25) is 0 Å². The zero-order valence-electron chi connectivity index (χ0n) is 16.8. The molecule has 6 nitrogen and oxygen atoms in total. The first-order valence-electron chi connectivity index (χ1n) is 9.36. The molecule has 156 valence electrons. The summed E-state index contributed by atoms with van der Waals surface area (Å²) < 4.78 is 30.1. The van der Waals surface area contributed by atoms with E-state index in [9.17, 15) is 14.0 Å². The van der Waals surface area contributed by atoms with Crippen LogP contribution in [-0.4, -0.2) is 20.1 Å². The third kappa shape index (κ3) is 3.98. The molecule has 4 aromatic rings. The molecule has 0 radical (unpaired) electrons. The van der Waals surface area contributed by atoms with Gasteiger partial charge in [-0.1, -0.05) is 12.1 Å². The Balaban J connectivity index is 1.59. The topological polar surface area (TPSA) is 77.8 Å². The number of carbonyl (C=O) groups is 1. The fourth-order valence-corrected chi connectivity index (χ4v) is 3.23. The van der Waals surface area contributed by atoms with Crippen LogP contribution in [0.5, 0.6) is 11.5 Å². The van der Waals surface area contributed by atoms with Gasteiger partial charge in [-0.3, -0.25) is 9.59 Å². The van der Waals surface area contributed by atoms with Gasteiger partial charge in [-0.2, -0.15) is 0 Å².